The highest BCUT2D eigenvalue weighted by Crippen LogP contribution is 2.39. The Bertz CT molecular complexity index is 1730. The van der Waals surface area contributed by atoms with Gasteiger partial charge in [0.25, 0.3) is 0 Å². The largest absolute Gasteiger partial charge is 0.397 e. The van der Waals surface area contributed by atoms with E-state index < -0.39 is 6.29 Å². The number of likely N-dealkylation sites (tertiary alicyclic amines) is 1. The molecule has 0 aromatic heterocycles. The number of benzene rings is 4. The van der Waals surface area contributed by atoms with E-state index in [0.29, 0.717) is 37.3 Å². The van der Waals surface area contributed by atoms with Gasteiger partial charge in [0.15, 0.2) is 6.29 Å². The summed E-state index contributed by atoms with van der Waals surface area (Å²) in [7, 11) is 0. The van der Waals surface area contributed by atoms with Crippen LogP contribution < -0.4 is 16.4 Å². The van der Waals surface area contributed by atoms with E-state index in [0.717, 1.165) is 52.9 Å². The van der Waals surface area contributed by atoms with E-state index in [1.54, 1.807) is 24.3 Å². The fourth-order valence-electron chi connectivity index (χ4n) is 6.51. The van der Waals surface area contributed by atoms with Crippen LogP contribution in [0.4, 0.5) is 11.4 Å². The van der Waals surface area contributed by atoms with Crippen molar-refractivity contribution in [3.63, 3.8) is 0 Å². The zero-order valence-electron chi connectivity index (χ0n) is 28.2. The fraction of sp³-hybridized carbons (Fsp3) is 0.350. The van der Waals surface area contributed by atoms with Gasteiger partial charge in [-0.1, -0.05) is 78.9 Å². The second-order valence-corrected chi connectivity index (χ2v) is 13.1. The van der Waals surface area contributed by atoms with Gasteiger partial charge in [0.05, 0.1) is 36.3 Å². The first kappa shape index (κ1) is 35.3. The Kier molecular flexibility index (Phi) is 11.9. The van der Waals surface area contributed by atoms with Gasteiger partial charge in [0.1, 0.15) is 0 Å². The van der Waals surface area contributed by atoms with Gasteiger partial charge in [0.2, 0.25) is 11.8 Å². The van der Waals surface area contributed by atoms with Gasteiger partial charge in [-0.15, -0.1) is 0 Å². The van der Waals surface area contributed by atoms with Gasteiger partial charge < -0.3 is 36.1 Å². The maximum Gasteiger partial charge on any atom is 0.224 e. The van der Waals surface area contributed by atoms with Crippen LogP contribution in [-0.2, 0) is 32.2 Å². The molecule has 10 nitrogen and oxygen atoms in total. The van der Waals surface area contributed by atoms with Crippen LogP contribution >= 0.6 is 0 Å². The Morgan fingerprint density at radius 2 is 1.60 bits per heavy atom. The summed E-state index contributed by atoms with van der Waals surface area (Å²) < 4.78 is 13.0. The zero-order valence-corrected chi connectivity index (χ0v) is 28.2. The van der Waals surface area contributed by atoms with Crippen LogP contribution in [0.3, 0.4) is 0 Å². The molecule has 0 saturated carbocycles. The number of para-hydroxylation sites is 2. The summed E-state index contributed by atoms with van der Waals surface area (Å²) in [6.45, 7) is 2.61. The van der Waals surface area contributed by atoms with Crippen LogP contribution in [0.1, 0.15) is 66.8 Å². The third-order valence-electron chi connectivity index (χ3n) is 9.30. The number of nitrogens with one attached hydrogen (secondary N) is 2. The number of ether oxygens (including phenoxy) is 2. The summed E-state index contributed by atoms with van der Waals surface area (Å²) in [6.07, 6.45) is 1.30. The maximum absolute atomic E-state index is 12.5. The first-order chi connectivity index (χ1) is 24.3. The van der Waals surface area contributed by atoms with Gasteiger partial charge in [-0.25, -0.2) is 0 Å². The summed E-state index contributed by atoms with van der Waals surface area (Å²) in [6, 6.07) is 31.2. The number of nitrogens with zero attached hydrogens (tertiary/aromatic N) is 1. The number of hydrogen-bond acceptors (Lipinski definition) is 8. The summed E-state index contributed by atoms with van der Waals surface area (Å²) in [5.41, 5.74) is 12.8. The van der Waals surface area contributed by atoms with Gasteiger partial charge in [-0.2, -0.15) is 0 Å². The molecule has 6 N–H and O–H groups in total. The number of rotatable bonds is 13. The predicted octanol–water partition coefficient (Wildman–Crippen LogP) is 5.47. The number of β-amino-alcohol motifs (C(OH)–C–C–N with tert-alkyl or cyclic N) is 1. The lowest BCUT2D eigenvalue weighted by Crippen LogP contribution is -2.38. The van der Waals surface area contributed by atoms with Crippen molar-refractivity contribution in [2.24, 2.45) is 0 Å². The molecule has 50 heavy (non-hydrogen) atoms. The van der Waals surface area contributed by atoms with Gasteiger partial charge >= 0.3 is 0 Å². The summed E-state index contributed by atoms with van der Waals surface area (Å²) in [5.74, 6) is -0.284. The quantitative estimate of drug-likeness (QED) is 0.117. The third kappa shape index (κ3) is 9.56. The van der Waals surface area contributed by atoms with Crippen LogP contribution in [0.2, 0.25) is 0 Å². The minimum absolute atomic E-state index is 0.00463. The van der Waals surface area contributed by atoms with Gasteiger partial charge in [0, 0.05) is 51.0 Å². The molecule has 4 aromatic rings. The number of nitrogen functional groups attached to an aromatic ring is 1. The van der Waals surface area contributed by atoms with Gasteiger partial charge in [-0.05, 0) is 58.9 Å². The lowest BCUT2D eigenvalue weighted by atomic mass is 9.99. The molecule has 4 atom stereocenters. The van der Waals surface area contributed by atoms with Crippen molar-refractivity contribution in [2.75, 3.05) is 30.7 Å². The summed E-state index contributed by atoms with van der Waals surface area (Å²) >= 11 is 0. The molecule has 0 spiro atoms. The molecule has 0 radical (unpaired) electrons. The predicted molar refractivity (Wildman–Crippen MR) is 193 cm³/mol. The van der Waals surface area contributed by atoms with Gasteiger partial charge in [-0.3, -0.25) is 14.5 Å². The molecule has 262 valence electrons. The van der Waals surface area contributed by atoms with Crippen molar-refractivity contribution in [3.05, 3.63) is 119 Å². The maximum atomic E-state index is 12.5. The topological polar surface area (TPSA) is 146 Å². The Morgan fingerprint density at radius 1 is 0.840 bits per heavy atom. The van der Waals surface area contributed by atoms with Crippen molar-refractivity contribution in [1.29, 1.82) is 0 Å². The van der Waals surface area contributed by atoms with Crippen LogP contribution in [0.25, 0.3) is 11.1 Å². The number of carbonyl (C=O) groups excluding carboxylic acids is 2. The Labute approximate surface area is 293 Å². The number of anilines is 2. The molecule has 2 aliphatic rings. The molecule has 10 heteroatoms. The molecular weight excluding hydrogens is 632 g/mol. The van der Waals surface area contributed by atoms with Crippen LogP contribution in [0.5, 0.6) is 0 Å². The molecule has 2 aliphatic heterocycles. The summed E-state index contributed by atoms with van der Waals surface area (Å²) in [4.78, 5) is 27.0. The number of aliphatic hydroxyl groups is 2. The molecule has 2 fully saturated rings. The molecule has 6 rings (SSSR count). The monoisotopic (exact) mass is 678 g/mol. The highest BCUT2D eigenvalue weighted by molar-refractivity contribution is 5.94. The average Bonchev–Trinajstić information content (AvgIpc) is 3.55. The molecule has 0 unspecified atom stereocenters. The highest BCUT2D eigenvalue weighted by Gasteiger charge is 2.34. The number of nitrogens with two attached hydrogens (primary N) is 1. The van der Waals surface area contributed by atoms with E-state index in [9.17, 15) is 19.8 Å². The second kappa shape index (κ2) is 16.9. The summed E-state index contributed by atoms with van der Waals surface area (Å²) in [5, 5.41) is 25.3. The van der Waals surface area contributed by atoms with Crippen LogP contribution in [-0.4, -0.2) is 58.8 Å². The third-order valence-corrected chi connectivity index (χ3v) is 9.30. The normalized spacial score (nSPS) is 20.8. The number of hydrogen-bond donors (Lipinski definition) is 5. The first-order valence-corrected chi connectivity index (χ1v) is 17.3. The van der Waals surface area contributed by atoms with E-state index in [1.807, 2.05) is 54.6 Å². The van der Waals surface area contributed by atoms with E-state index in [4.69, 9.17) is 15.2 Å². The number of carbonyl (C=O) groups is 2. The van der Waals surface area contributed by atoms with E-state index in [2.05, 4.69) is 33.7 Å². The number of amides is 2. The first-order valence-electron chi connectivity index (χ1n) is 17.3. The number of aliphatic hydroxyl groups excluding tert-OH is 2. The zero-order chi connectivity index (χ0) is 34.9. The minimum atomic E-state index is -0.554. The molecule has 0 bridgehead atoms. The molecule has 4 aromatic carbocycles. The Hall–Kier alpha value is -4.58. The van der Waals surface area contributed by atoms with Crippen molar-refractivity contribution < 1.29 is 29.3 Å². The van der Waals surface area contributed by atoms with E-state index in [-0.39, 0.29) is 49.6 Å². The van der Waals surface area contributed by atoms with Crippen molar-refractivity contribution in [3.8, 4) is 11.1 Å². The van der Waals surface area contributed by atoms with E-state index >= 15 is 0 Å². The van der Waals surface area contributed by atoms with Crippen molar-refractivity contribution in [2.45, 2.75) is 69.9 Å². The fourth-order valence-corrected chi connectivity index (χ4v) is 6.51. The van der Waals surface area contributed by atoms with E-state index in [1.165, 1.54) is 0 Å². The standard InChI is InChI=1S/C40H46N4O6/c41-35-7-1-2-8-36(35)43-39(48)10-4-9-38(47)42-23-28-5-3-6-32(21-28)29-15-17-31(18-16-29)40-49-34(25-44-20-19-33(46)24-44)22-37(50-40)30-13-11-27(26-45)12-14-30/h1-3,5-8,11-18,21,33-34,37,40,45-46H,4,9-10,19-20,22-26,41H2,(H,42,47)(H,43,48)/t33-,34-,37+,40+/m0/s1. The second-order valence-electron chi connectivity index (χ2n) is 13.1. The highest BCUT2D eigenvalue weighted by atomic mass is 16.7. The Morgan fingerprint density at radius 3 is 2.34 bits per heavy atom. The van der Waals surface area contributed by atoms with Crippen molar-refractivity contribution >= 4 is 23.2 Å². The lowest BCUT2D eigenvalue weighted by Gasteiger charge is -2.37. The SMILES string of the molecule is Nc1ccccc1NC(=O)CCCC(=O)NCc1cccc(-c2ccc([C@@H]3O[C@H](CN4CC[C@H](O)C4)C[C@H](c4ccc(CO)cc4)O3)cc2)c1. The lowest BCUT2D eigenvalue weighted by molar-refractivity contribution is -0.252. The molecule has 2 saturated heterocycles. The molecule has 2 heterocycles. The average molecular weight is 679 g/mol. The smallest absolute Gasteiger partial charge is 0.224 e. The molecule has 0 aliphatic carbocycles. The molecular formula is C40H46N4O6. The van der Waals surface area contributed by atoms with Crippen molar-refractivity contribution in [1.82, 2.24) is 10.2 Å². The van der Waals surface area contributed by atoms with Crippen LogP contribution in [0.15, 0.2) is 97.1 Å². The Balaban J connectivity index is 1.04. The molecule has 2 amide bonds. The van der Waals surface area contributed by atoms with Crippen LogP contribution in [0, 0.1) is 0 Å². The minimum Gasteiger partial charge on any atom is -0.397 e.